The van der Waals surface area contributed by atoms with Crippen molar-refractivity contribution in [1.29, 1.82) is 0 Å². The zero-order valence-electron chi connectivity index (χ0n) is 7.31. The molecule has 0 atom stereocenters. The number of aromatic carboxylic acids is 1. The van der Waals surface area contributed by atoms with Crippen LogP contribution in [-0.4, -0.2) is 26.2 Å². The van der Waals surface area contributed by atoms with Crippen LogP contribution in [0.2, 0.25) is 0 Å². The van der Waals surface area contributed by atoms with Crippen LogP contribution in [0.5, 0.6) is 5.88 Å². The maximum absolute atomic E-state index is 12.8. The largest absolute Gasteiger partial charge is 0.493 e. The van der Waals surface area contributed by atoms with Crippen molar-refractivity contribution in [3.05, 3.63) is 29.8 Å². The maximum Gasteiger partial charge on any atom is 0.374 e. The van der Waals surface area contributed by atoms with Crippen molar-refractivity contribution >= 4 is 16.9 Å². The van der Waals surface area contributed by atoms with E-state index in [2.05, 4.69) is 9.97 Å². The molecule has 0 radical (unpaired) electrons. The molecule has 0 spiro atoms. The summed E-state index contributed by atoms with van der Waals surface area (Å²) in [5.74, 6) is -2.98. The summed E-state index contributed by atoms with van der Waals surface area (Å²) in [5.41, 5.74) is 0.0555. The van der Waals surface area contributed by atoms with E-state index in [-0.39, 0.29) is 10.9 Å². The number of carboxylic acids is 1. The van der Waals surface area contributed by atoms with Crippen LogP contribution in [0.4, 0.5) is 4.39 Å². The van der Waals surface area contributed by atoms with Gasteiger partial charge in [0, 0.05) is 6.07 Å². The Balaban J connectivity index is 2.79. The lowest BCUT2D eigenvalue weighted by atomic mass is 10.2. The lowest BCUT2D eigenvalue weighted by molar-refractivity contribution is 0.0683. The summed E-state index contributed by atoms with van der Waals surface area (Å²) in [4.78, 5) is 17.5. The second-order valence-electron chi connectivity index (χ2n) is 2.84. The number of benzene rings is 1. The van der Waals surface area contributed by atoms with Crippen LogP contribution in [0.25, 0.3) is 10.9 Å². The molecule has 0 saturated carbocycles. The molecular formula is C9H5FN2O3. The topological polar surface area (TPSA) is 83.3 Å². The van der Waals surface area contributed by atoms with Crippen LogP contribution >= 0.6 is 0 Å². The quantitative estimate of drug-likeness (QED) is 0.734. The van der Waals surface area contributed by atoms with E-state index in [1.807, 2.05) is 0 Å². The summed E-state index contributed by atoms with van der Waals surface area (Å²) in [6.45, 7) is 0. The predicted octanol–water partition coefficient (Wildman–Crippen LogP) is 1.17. The van der Waals surface area contributed by atoms with Gasteiger partial charge in [-0.3, -0.25) is 0 Å². The zero-order chi connectivity index (χ0) is 11.0. The SMILES string of the molecule is O=C(O)c1nc(O)c2ccc(F)cc2n1. The fourth-order valence-corrected chi connectivity index (χ4v) is 1.18. The first-order valence-corrected chi connectivity index (χ1v) is 3.97. The Bertz CT molecular complexity index is 556. The van der Waals surface area contributed by atoms with Gasteiger partial charge in [-0.05, 0) is 12.1 Å². The van der Waals surface area contributed by atoms with Gasteiger partial charge in [-0.15, -0.1) is 0 Å². The van der Waals surface area contributed by atoms with E-state index >= 15 is 0 Å². The minimum Gasteiger partial charge on any atom is -0.493 e. The molecule has 0 fully saturated rings. The van der Waals surface area contributed by atoms with E-state index in [0.29, 0.717) is 0 Å². The number of aromatic nitrogens is 2. The smallest absolute Gasteiger partial charge is 0.374 e. The molecule has 2 rings (SSSR count). The third-order valence-electron chi connectivity index (χ3n) is 1.83. The number of nitrogens with zero attached hydrogens (tertiary/aromatic N) is 2. The minimum atomic E-state index is -1.38. The number of hydrogen-bond donors (Lipinski definition) is 2. The molecule has 1 heterocycles. The molecule has 0 bridgehead atoms. The summed E-state index contributed by atoms with van der Waals surface area (Å²) >= 11 is 0. The van der Waals surface area contributed by atoms with Crippen molar-refractivity contribution in [2.24, 2.45) is 0 Å². The van der Waals surface area contributed by atoms with Gasteiger partial charge in [0.25, 0.3) is 0 Å². The van der Waals surface area contributed by atoms with E-state index < -0.39 is 23.5 Å². The van der Waals surface area contributed by atoms with Gasteiger partial charge in [-0.25, -0.2) is 14.2 Å². The van der Waals surface area contributed by atoms with Gasteiger partial charge >= 0.3 is 5.97 Å². The van der Waals surface area contributed by atoms with Crippen LogP contribution in [0.15, 0.2) is 18.2 Å². The van der Waals surface area contributed by atoms with Crippen molar-refractivity contribution in [3.8, 4) is 5.88 Å². The van der Waals surface area contributed by atoms with E-state index in [1.165, 1.54) is 6.07 Å². The Morgan fingerprint density at radius 2 is 2.07 bits per heavy atom. The second-order valence-corrected chi connectivity index (χ2v) is 2.84. The van der Waals surface area contributed by atoms with E-state index in [4.69, 9.17) is 5.11 Å². The Morgan fingerprint density at radius 3 is 2.73 bits per heavy atom. The fraction of sp³-hybridized carbons (Fsp3) is 0. The minimum absolute atomic E-state index is 0.0555. The van der Waals surface area contributed by atoms with Crippen LogP contribution in [0.1, 0.15) is 10.6 Å². The molecule has 76 valence electrons. The van der Waals surface area contributed by atoms with Crippen molar-refractivity contribution in [1.82, 2.24) is 9.97 Å². The number of aromatic hydroxyl groups is 1. The van der Waals surface area contributed by atoms with E-state index in [0.717, 1.165) is 12.1 Å². The van der Waals surface area contributed by atoms with Gasteiger partial charge in [0.05, 0.1) is 10.9 Å². The summed E-state index contributed by atoms with van der Waals surface area (Å²) in [7, 11) is 0. The normalized spacial score (nSPS) is 10.5. The highest BCUT2D eigenvalue weighted by atomic mass is 19.1. The first kappa shape index (κ1) is 9.32. The number of carboxylic acid groups (broad SMARTS) is 1. The van der Waals surface area contributed by atoms with Crippen LogP contribution in [0, 0.1) is 5.82 Å². The van der Waals surface area contributed by atoms with Gasteiger partial charge in [0.2, 0.25) is 11.7 Å². The number of carbonyl (C=O) groups is 1. The molecule has 1 aromatic carbocycles. The highest BCUT2D eigenvalue weighted by molar-refractivity contribution is 5.89. The van der Waals surface area contributed by atoms with Crippen molar-refractivity contribution < 1.29 is 19.4 Å². The molecule has 0 aliphatic rings. The Kier molecular flexibility index (Phi) is 1.96. The van der Waals surface area contributed by atoms with Crippen LogP contribution in [-0.2, 0) is 0 Å². The predicted molar refractivity (Wildman–Crippen MR) is 48.1 cm³/mol. The Morgan fingerprint density at radius 1 is 1.33 bits per heavy atom. The molecule has 2 N–H and O–H groups in total. The second kappa shape index (κ2) is 3.16. The Labute approximate surface area is 82.8 Å². The van der Waals surface area contributed by atoms with Gasteiger partial charge in [-0.1, -0.05) is 0 Å². The molecule has 15 heavy (non-hydrogen) atoms. The van der Waals surface area contributed by atoms with Crippen LogP contribution in [0.3, 0.4) is 0 Å². The molecule has 0 unspecified atom stereocenters. The van der Waals surface area contributed by atoms with Crippen molar-refractivity contribution in [2.45, 2.75) is 0 Å². The molecule has 2 aromatic rings. The lowest BCUT2D eigenvalue weighted by Gasteiger charge is -2.00. The molecule has 0 aliphatic carbocycles. The molecule has 1 aromatic heterocycles. The fourth-order valence-electron chi connectivity index (χ4n) is 1.18. The lowest BCUT2D eigenvalue weighted by Crippen LogP contribution is -2.04. The molecule has 0 amide bonds. The summed E-state index contributed by atoms with van der Waals surface area (Å²) in [5, 5.41) is 18.2. The van der Waals surface area contributed by atoms with Crippen molar-refractivity contribution in [2.75, 3.05) is 0 Å². The number of fused-ring (bicyclic) bond motifs is 1. The molecule has 6 heteroatoms. The summed E-state index contributed by atoms with van der Waals surface area (Å²) < 4.78 is 12.8. The molecular weight excluding hydrogens is 203 g/mol. The van der Waals surface area contributed by atoms with Gasteiger partial charge in [0.15, 0.2) is 0 Å². The van der Waals surface area contributed by atoms with Gasteiger partial charge < -0.3 is 10.2 Å². The standard InChI is InChI=1S/C9H5FN2O3/c10-4-1-2-5-6(3-4)11-7(9(14)15)12-8(5)13/h1-3H,(H,14,15)(H,11,12,13). The number of rotatable bonds is 1. The maximum atomic E-state index is 12.8. The van der Waals surface area contributed by atoms with Crippen LogP contribution < -0.4 is 0 Å². The van der Waals surface area contributed by atoms with E-state index in [9.17, 15) is 14.3 Å². The first-order valence-electron chi connectivity index (χ1n) is 3.97. The summed E-state index contributed by atoms with van der Waals surface area (Å²) in [6.07, 6.45) is 0. The molecule has 5 nitrogen and oxygen atoms in total. The number of halogens is 1. The third kappa shape index (κ3) is 1.56. The monoisotopic (exact) mass is 208 g/mol. The first-order chi connectivity index (χ1) is 7.08. The molecule has 0 aliphatic heterocycles. The third-order valence-corrected chi connectivity index (χ3v) is 1.83. The van der Waals surface area contributed by atoms with Gasteiger partial charge in [-0.2, -0.15) is 4.98 Å². The average molecular weight is 208 g/mol. The highest BCUT2D eigenvalue weighted by Crippen LogP contribution is 2.21. The Hall–Kier alpha value is -2.24. The summed E-state index contributed by atoms with van der Waals surface area (Å²) in [6, 6.07) is 3.45. The van der Waals surface area contributed by atoms with E-state index in [1.54, 1.807) is 0 Å². The highest BCUT2D eigenvalue weighted by Gasteiger charge is 2.12. The zero-order valence-corrected chi connectivity index (χ0v) is 7.31. The molecule has 0 saturated heterocycles. The van der Waals surface area contributed by atoms with Crippen molar-refractivity contribution in [3.63, 3.8) is 0 Å². The number of hydrogen-bond acceptors (Lipinski definition) is 4. The average Bonchev–Trinajstić information content (AvgIpc) is 2.16. The van der Waals surface area contributed by atoms with Gasteiger partial charge in [0.1, 0.15) is 5.82 Å².